The van der Waals surface area contributed by atoms with Gasteiger partial charge in [0.2, 0.25) is 0 Å². The van der Waals surface area contributed by atoms with E-state index in [1.54, 1.807) is 6.07 Å². The first-order chi connectivity index (χ1) is 11.5. The molecule has 0 aliphatic heterocycles. The van der Waals surface area contributed by atoms with Crippen LogP contribution in [0.4, 0.5) is 0 Å². The number of benzene rings is 1. The number of pyridine rings is 1. The molecule has 1 aromatic heterocycles. The Bertz CT molecular complexity index is 706. The number of nitrogens with one attached hydrogen (secondary N) is 1. The number of carbonyl (C=O) groups is 2. The lowest BCUT2D eigenvalue weighted by atomic mass is 10.0. The molecule has 126 valence electrons. The summed E-state index contributed by atoms with van der Waals surface area (Å²) in [6.45, 7) is 3.99. The molecule has 0 radical (unpaired) electrons. The van der Waals surface area contributed by atoms with E-state index in [-0.39, 0.29) is 22.5 Å². The summed E-state index contributed by atoms with van der Waals surface area (Å²) in [4.78, 5) is 27.9. The van der Waals surface area contributed by atoms with Gasteiger partial charge in [-0.2, -0.15) is 0 Å². The Morgan fingerprint density at radius 1 is 1.17 bits per heavy atom. The van der Waals surface area contributed by atoms with Crippen molar-refractivity contribution in [2.45, 2.75) is 25.9 Å². The molecule has 5 nitrogen and oxygen atoms in total. The molecular weight excluding hydrogens is 328 g/mol. The first kappa shape index (κ1) is 17.9. The minimum atomic E-state index is -0.920. The van der Waals surface area contributed by atoms with E-state index < -0.39 is 12.1 Å². The smallest absolute Gasteiger partial charge is 0.342 e. The third kappa shape index (κ3) is 4.80. The Morgan fingerprint density at radius 3 is 2.54 bits per heavy atom. The van der Waals surface area contributed by atoms with Crippen LogP contribution in [0.1, 0.15) is 35.7 Å². The highest BCUT2D eigenvalue weighted by Crippen LogP contribution is 2.15. The number of hydrogen-bond donors (Lipinski definition) is 1. The predicted molar refractivity (Wildman–Crippen MR) is 92.0 cm³/mol. The first-order valence-electron chi connectivity index (χ1n) is 7.63. The summed E-state index contributed by atoms with van der Waals surface area (Å²) in [6.07, 6.45) is 0.553. The van der Waals surface area contributed by atoms with Crippen molar-refractivity contribution in [3.63, 3.8) is 0 Å². The van der Waals surface area contributed by atoms with Crippen LogP contribution in [0.15, 0.2) is 48.7 Å². The highest BCUT2D eigenvalue weighted by atomic mass is 35.5. The van der Waals surface area contributed by atoms with Crippen molar-refractivity contribution < 1.29 is 14.3 Å². The highest BCUT2D eigenvalue weighted by molar-refractivity contribution is 6.32. The van der Waals surface area contributed by atoms with E-state index >= 15 is 0 Å². The lowest BCUT2D eigenvalue weighted by molar-refractivity contribution is -0.129. The van der Waals surface area contributed by atoms with Gasteiger partial charge in [-0.05, 0) is 30.5 Å². The first-order valence-corrected chi connectivity index (χ1v) is 8.01. The summed E-state index contributed by atoms with van der Waals surface area (Å²) in [6, 6.07) is 12.9. The molecule has 6 heteroatoms. The third-order valence-corrected chi connectivity index (χ3v) is 3.88. The fourth-order valence-electron chi connectivity index (χ4n) is 2.11. The zero-order chi connectivity index (χ0) is 17.5. The van der Waals surface area contributed by atoms with Crippen molar-refractivity contribution >= 4 is 23.5 Å². The van der Waals surface area contributed by atoms with Crippen molar-refractivity contribution in [3.05, 3.63) is 64.9 Å². The third-order valence-electron chi connectivity index (χ3n) is 3.58. The number of ether oxygens (including phenoxy) is 1. The van der Waals surface area contributed by atoms with Gasteiger partial charge in [0.1, 0.15) is 5.15 Å². The molecule has 24 heavy (non-hydrogen) atoms. The number of amides is 1. The van der Waals surface area contributed by atoms with E-state index in [2.05, 4.69) is 10.3 Å². The van der Waals surface area contributed by atoms with Crippen LogP contribution in [0.25, 0.3) is 0 Å². The molecule has 1 amide bonds. The minimum absolute atomic E-state index is 0.0489. The molecular formula is C18H19ClN2O3. The van der Waals surface area contributed by atoms with Crippen molar-refractivity contribution in [2.75, 3.05) is 6.54 Å². The maximum atomic E-state index is 12.1. The van der Waals surface area contributed by atoms with E-state index in [9.17, 15) is 9.59 Å². The van der Waals surface area contributed by atoms with Crippen LogP contribution in [-0.4, -0.2) is 29.5 Å². The van der Waals surface area contributed by atoms with Gasteiger partial charge in [0, 0.05) is 12.7 Å². The van der Waals surface area contributed by atoms with Gasteiger partial charge in [-0.25, -0.2) is 9.78 Å². The molecule has 2 aromatic rings. The Balaban J connectivity index is 1.86. The molecule has 1 heterocycles. The second kappa shape index (κ2) is 8.45. The predicted octanol–water partition coefficient (Wildman–Crippen LogP) is 3.20. The van der Waals surface area contributed by atoms with Crippen LogP contribution in [-0.2, 0) is 9.53 Å². The van der Waals surface area contributed by atoms with Crippen molar-refractivity contribution in [3.8, 4) is 0 Å². The van der Waals surface area contributed by atoms with Gasteiger partial charge in [-0.3, -0.25) is 4.79 Å². The standard InChI is InChI=1S/C18H19ClN2O3/c1-12(14-7-4-3-5-8-14)11-21-17(22)13(2)24-18(23)15-9-6-10-20-16(15)19/h3-10,12-13H,11H2,1-2H3,(H,21,22)/t12-,13-/m1/s1. The van der Waals surface area contributed by atoms with Crippen LogP contribution >= 0.6 is 11.6 Å². The highest BCUT2D eigenvalue weighted by Gasteiger charge is 2.21. The Morgan fingerprint density at radius 2 is 1.88 bits per heavy atom. The SMILES string of the molecule is C[C@H](CNC(=O)[C@@H](C)OC(=O)c1cccnc1Cl)c1ccccc1. The quantitative estimate of drug-likeness (QED) is 0.644. The Hall–Kier alpha value is -2.40. The van der Waals surface area contributed by atoms with E-state index in [1.165, 1.54) is 19.2 Å². The lowest BCUT2D eigenvalue weighted by Crippen LogP contribution is -2.37. The van der Waals surface area contributed by atoms with Gasteiger partial charge in [-0.1, -0.05) is 48.9 Å². The summed E-state index contributed by atoms with van der Waals surface area (Å²) in [5.41, 5.74) is 1.26. The van der Waals surface area contributed by atoms with Gasteiger partial charge in [0.15, 0.2) is 6.10 Å². The number of hydrogen-bond acceptors (Lipinski definition) is 4. The van der Waals surface area contributed by atoms with Gasteiger partial charge >= 0.3 is 5.97 Å². The average Bonchev–Trinajstić information content (AvgIpc) is 2.60. The molecule has 2 rings (SSSR count). The molecule has 0 saturated carbocycles. The van der Waals surface area contributed by atoms with Crippen molar-refractivity contribution in [1.29, 1.82) is 0 Å². The summed E-state index contributed by atoms with van der Waals surface area (Å²) in [7, 11) is 0. The zero-order valence-electron chi connectivity index (χ0n) is 13.5. The molecule has 0 aliphatic carbocycles. The molecule has 0 saturated heterocycles. The average molecular weight is 347 g/mol. The molecule has 0 aliphatic rings. The normalized spacial score (nSPS) is 13.0. The summed E-state index contributed by atoms with van der Waals surface area (Å²) < 4.78 is 5.14. The molecule has 2 atom stereocenters. The van der Waals surface area contributed by atoms with E-state index in [4.69, 9.17) is 16.3 Å². The van der Waals surface area contributed by atoms with E-state index in [0.29, 0.717) is 6.54 Å². The molecule has 0 spiro atoms. The van der Waals surface area contributed by atoms with Gasteiger partial charge in [-0.15, -0.1) is 0 Å². The second-order valence-electron chi connectivity index (χ2n) is 5.45. The largest absolute Gasteiger partial charge is 0.449 e. The van der Waals surface area contributed by atoms with Gasteiger partial charge in [0.25, 0.3) is 5.91 Å². The van der Waals surface area contributed by atoms with E-state index in [1.807, 2.05) is 37.3 Å². The van der Waals surface area contributed by atoms with Gasteiger partial charge in [0.05, 0.1) is 5.56 Å². The summed E-state index contributed by atoms with van der Waals surface area (Å²) in [5, 5.41) is 2.84. The molecule has 0 bridgehead atoms. The van der Waals surface area contributed by atoms with Crippen molar-refractivity contribution in [1.82, 2.24) is 10.3 Å². The topological polar surface area (TPSA) is 68.3 Å². The number of rotatable bonds is 6. The number of carbonyl (C=O) groups excluding carboxylic acids is 2. The van der Waals surface area contributed by atoms with E-state index in [0.717, 1.165) is 5.56 Å². The van der Waals surface area contributed by atoms with Crippen LogP contribution in [0.5, 0.6) is 0 Å². The monoisotopic (exact) mass is 346 g/mol. The number of esters is 1. The maximum absolute atomic E-state index is 12.1. The van der Waals surface area contributed by atoms with Crippen LogP contribution in [0, 0.1) is 0 Å². The summed E-state index contributed by atoms with van der Waals surface area (Å²) >= 11 is 5.84. The van der Waals surface area contributed by atoms with Crippen LogP contribution in [0.2, 0.25) is 5.15 Å². The number of halogens is 1. The Kier molecular flexibility index (Phi) is 6.32. The van der Waals surface area contributed by atoms with Crippen molar-refractivity contribution in [2.24, 2.45) is 0 Å². The molecule has 1 N–H and O–H groups in total. The minimum Gasteiger partial charge on any atom is -0.449 e. The fourth-order valence-corrected chi connectivity index (χ4v) is 2.31. The molecule has 0 unspecified atom stereocenters. The number of nitrogens with zero attached hydrogens (tertiary/aromatic N) is 1. The molecule has 0 fully saturated rings. The Labute approximate surface area is 146 Å². The summed E-state index contributed by atoms with van der Waals surface area (Å²) in [5.74, 6) is -0.871. The van der Waals surface area contributed by atoms with Crippen LogP contribution in [0.3, 0.4) is 0 Å². The fraction of sp³-hybridized carbons (Fsp3) is 0.278. The van der Waals surface area contributed by atoms with Crippen LogP contribution < -0.4 is 5.32 Å². The maximum Gasteiger partial charge on any atom is 0.342 e. The lowest BCUT2D eigenvalue weighted by Gasteiger charge is -2.16. The number of aromatic nitrogens is 1. The zero-order valence-corrected chi connectivity index (χ0v) is 14.3. The van der Waals surface area contributed by atoms with Gasteiger partial charge < -0.3 is 10.1 Å². The second-order valence-corrected chi connectivity index (χ2v) is 5.80. The molecule has 1 aromatic carbocycles.